The number of anilines is 2. The number of nitrogens with one attached hydrogen (secondary N) is 2. The van der Waals surface area contributed by atoms with Gasteiger partial charge in [0.05, 0.1) is 36.1 Å². The largest absolute Gasteiger partial charge is 0.500 e. The number of nitro groups is 1. The summed E-state index contributed by atoms with van der Waals surface area (Å²) in [5.74, 6) is 0.000574. The Morgan fingerprint density at radius 1 is 1.05 bits per heavy atom. The highest BCUT2D eigenvalue weighted by Gasteiger charge is 2.38. The SMILES string of the molecule is CCOc1cc(C2Nc3ccccc3NC3=C2C(=O)CC(c2ccccc2OC)C3)cc([N+](=O)[O-])c1O. The lowest BCUT2D eigenvalue weighted by Crippen LogP contribution is -2.27. The maximum absolute atomic E-state index is 13.8. The van der Waals surface area contributed by atoms with Crippen molar-refractivity contribution in [2.24, 2.45) is 0 Å². The van der Waals surface area contributed by atoms with Gasteiger partial charge in [-0.3, -0.25) is 14.9 Å². The summed E-state index contributed by atoms with van der Waals surface area (Å²) in [6.07, 6.45) is 0.806. The summed E-state index contributed by atoms with van der Waals surface area (Å²) in [7, 11) is 1.61. The molecule has 0 saturated heterocycles. The molecule has 0 radical (unpaired) electrons. The van der Waals surface area contributed by atoms with Crippen LogP contribution in [0.1, 0.15) is 42.9 Å². The number of hydrogen-bond acceptors (Lipinski definition) is 8. The molecule has 1 heterocycles. The number of carbonyl (C=O) groups excluding carboxylic acids is 1. The molecule has 0 spiro atoms. The molecule has 5 rings (SSSR count). The number of rotatable bonds is 6. The Labute approximate surface area is 213 Å². The number of methoxy groups -OCH3 is 1. The van der Waals surface area contributed by atoms with Crippen LogP contribution >= 0.6 is 0 Å². The summed E-state index contributed by atoms with van der Waals surface area (Å²) in [6, 6.07) is 17.4. The number of phenolic OH excluding ortho intramolecular Hbond substituents is 1. The zero-order valence-corrected chi connectivity index (χ0v) is 20.5. The van der Waals surface area contributed by atoms with Crippen LogP contribution in [0.25, 0.3) is 0 Å². The Bertz CT molecular complexity index is 1420. The average Bonchev–Trinajstić information content (AvgIpc) is 3.06. The quantitative estimate of drug-likeness (QED) is 0.291. The third-order valence-corrected chi connectivity index (χ3v) is 6.79. The van der Waals surface area contributed by atoms with Crippen molar-refractivity contribution in [1.29, 1.82) is 0 Å². The molecule has 0 saturated carbocycles. The van der Waals surface area contributed by atoms with Crippen LogP contribution in [-0.4, -0.2) is 29.5 Å². The number of Topliss-reactive ketones (excluding diaryl/α,β-unsaturated/α-hetero) is 1. The van der Waals surface area contributed by atoms with Crippen LogP contribution in [0.2, 0.25) is 0 Å². The number of ketones is 1. The molecular weight excluding hydrogens is 474 g/mol. The lowest BCUT2D eigenvalue weighted by molar-refractivity contribution is -0.386. The fourth-order valence-electron chi connectivity index (χ4n) is 5.15. The summed E-state index contributed by atoms with van der Waals surface area (Å²) < 4.78 is 11.1. The van der Waals surface area contributed by atoms with Gasteiger partial charge in [0.2, 0.25) is 5.75 Å². The highest BCUT2D eigenvalue weighted by Crippen LogP contribution is 2.47. The molecule has 9 nitrogen and oxygen atoms in total. The Hall–Kier alpha value is -4.53. The molecule has 37 heavy (non-hydrogen) atoms. The minimum Gasteiger partial charge on any atom is -0.500 e. The van der Waals surface area contributed by atoms with Crippen molar-refractivity contribution in [1.82, 2.24) is 0 Å². The number of fused-ring (bicyclic) bond motifs is 1. The number of carbonyl (C=O) groups is 1. The van der Waals surface area contributed by atoms with Gasteiger partial charge < -0.3 is 25.2 Å². The molecule has 1 aliphatic heterocycles. The number of allylic oxidation sites excluding steroid dienone is 1. The zero-order chi connectivity index (χ0) is 26.1. The van der Waals surface area contributed by atoms with Gasteiger partial charge in [-0.05, 0) is 48.7 Å². The van der Waals surface area contributed by atoms with Crippen LogP contribution in [0.15, 0.2) is 71.9 Å². The molecular formula is C28H27N3O6. The van der Waals surface area contributed by atoms with E-state index in [1.54, 1.807) is 20.1 Å². The summed E-state index contributed by atoms with van der Waals surface area (Å²) >= 11 is 0. The fraction of sp³-hybridized carbons (Fsp3) is 0.250. The second-order valence-corrected chi connectivity index (χ2v) is 8.99. The smallest absolute Gasteiger partial charge is 0.315 e. The van der Waals surface area contributed by atoms with Crippen molar-refractivity contribution < 1.29 is 24.3 Å². The lowest BCUT2D eigenvalue weighted by atomic mass is 9.78. The first-order valence-corrected chi connectivity index (χ1v) is 12.1. The molecule has 3 aromatic carbocycles. The van der Waals surface area contributed by atoms with Crippen molar-refractivity contribution in [3.63, 3.8) is 0 Å². The number of para-hydroxylation sites is 3. The molecule has 2 unspecified atom stereocenters. The predicted octanol–water partition coefficient (Wildman–Crippen LogP) is 5.69. The van der Waals surface area contributed by atoms with Gasteiger partial charge in [-0.25, -0.2) is 0 Å². The van der Waals surface area contributed by atoms with Crippen LogP contribution in [0.4, 0.5) is 17.1 Å². The molecule has 9 heteroatoms. The van der Waals surface area contributed by atoms with Crippen molar-refractivity contribution in [2.75, 3.05) is 24.4 Å². The Morgan fingerprint density at radius 2 is 1.78 bits per heavy atom. The Balaban J connectivity index is 1.66. The van der Waals surface area contributed by atoms with Gasteiger partial charge in [0.1, 0.15) is 5.75 Å². The average molecular weight is 502 g/mol. The number of hydrogen-bond donors (Lipinski definition) is 3. The molecule has 0 amide bonds. The predicted molar refractivity (Wildman–Crippen MR) is 139 cm³/mol. The molecule has 2 aliphatic rings. The number of nitro benzene ring substituents is 1. The number of aromatic hydroxyl groups is 1. The van der Waals surface area contributed by atoms with Crippen molar-refractivity contribution >= 4 is 22.8 Å². The van der Waals surface area contributed by atoms with Gasteiger partial charge in [-0.2, -0.15) is 0 Å². The van der Waals surface area contributed by atoms with Gasteiger partial charge in [0, 0.05) is 29.7 Å². The van der Waals surface area contributed by atoms with Crippen molar-refractivity contribution in [2.45, 2.75) is 31.7 Å². The van der Waals surface area contributed by atoms with Gasteiger partial charge in [0.15, 0.2) is 11.5 Å². The topological polar surface area (TPSA) is 123 Å². The van der Waals surface area contributed by atoms with Crippen LogP contribution < -0.4 is 20.1 Å². The van der Waals surface area contributed by atoms with E-state index < -0.39 is 22.4 Å². The van der Waals surface area contributed by atoms with Gasteiger partial charge in [-0.15, -0.1) is 0 Å². The highest BCUT2D eigenvalue weighted by molar-refractivity contribution is 6.01. The van der Waals surface area contributed by atoms with E-state index in [0.717, 1.165) is 28.4 Å². The molecule has 3 N–H and O–H groups in total. The maximum atomic E-state index is 13.8. The second-order valence-electron chi connectivity index (χ2n) is 8.99. The Morgan fingerprint density at radius 3 is 2.51 bits per heavy atom. The molecule has 0 fully saturated rings. The third-order valence-electron chi connectivity index (χ3n) is 6.79. The van der Waals surface area contributed by atoms with Crippen LogP contribution in [-0.2, 0) is 4.79 Å². The molecule has 3 aromatic rings. The van der Waals surface area contributed by atoms with Crippen molar-refractivity contribution in [3.8, 4) is 17.2 Å². The second kappa shape index (κ2) is 9.85. The number of ether oxygens (including phenoxy) is 2. The third kappa shape index (κ3) is 4.44. The number of nitrogens with zero attached hydrogens (tertiary/aromatic N) is 1. The van der Waals surface area contributed by atoms with Crippen LogP contribution in [0.5, 0.6) is 17.2 Å². The highest BCUT2D eigenvalue weighted by atomic mass is 16.6. The zero-order valence-electron chi connectivity index (χ0n) is 20.5. The van der Waals surface area contributed by atoms with E-state index >= 15 is 0 Å². The standard InChI is InChI=1S/C28H27N3O6/c1-3-37-25-15-17(13-22(28(25)33)31(34)35)27-26-21(29-19-9-5-6-10-20(19)30-27)12-16(14-23(26)32)18-8-4-7-11-24(18)36-2/h4-11,13,15-16,27,29-30,33H,3,12,14H2,1-2H3. The lowest BCUT2D eigenvalue weighted by Gasteiger charge is -2.30. The number of benzene rings is 3. The molecule has 2 atom stereocenters. The van der Waals surface area contributed by atoms with Crippen molar-refractivity contribution in [3.05, 3.63) is 93.2 Å². The minimum absolute atomic E-state index is 0.00343. The van der Waals surface area contributed by atoms with E-state index in [9.17, 15) is 20.0 Å². The summed E-state index contributed by atoms with van der Waals surface area (Å²) in [6.45, 7) is 1.94. The normalized spacial score (nSPS) is 18.6. The van der Waals surface area contributed by atoms with E-state index in [1.165, 1.54) is 6.07 Å². The van der Waals surface area contributed by atoms with E-state index in [-0.39, 0.29) is 30.5 Å². The Kier molecular flexibility index (Phi) is 6.43. The maximum Gasteiger partial charge on any atom is 0.315 e. The van der Waals surface area contributed by atoms with E-state index in [2.05, 4.69) is 10.6 Å². The van der Waals surface area contributed by atoms with E-state index in [0.29, 0.717) is 17.6 Å². The summed E-state index contributed by atoms with van der Waals surface area (Å²) in [5, 5.41) is 29.1. The first-order chi connectivity index (χ1) is 17.9. The van der Waals surface area contributed by atoms with Gasteiger partial charge in [-0.1, -0.05) is 30.3 Å². The van der Waals surface area contributed by atoms with Crippen LogP contribution in [0, 0.1) is 10.1 Å². The minimum atomic E-state index is -0.698. The van der Waals surface area contributed by atoms with Gasteiger partial charge >= 0.3 is 5.69 Å². The molecule has 0 aromatic heterocycles. The summed E-state index contributed by atoms with van der Waals surface area (Å²) in [4.78, 5) is 24.9. The first kappa shape index (κ1) is 24.2. The molecule has 1 aliphatic carbocycles. The molecule has 0 bridgehead atoms. The first-order valence-electron chi connectivity index (χ1n) is 12.1. The van der Waals surface area contributed by atoms with E-state index in [1.807, 2.05) is 48.5 Å². The van der Waals surface area contributed by atoms with Crippen LogP contribution in [0.3, 0.4) is 0 Å². The summed E-state index contributed by atoms with van der Waals surface area (Å²) in [5.41, 5.74) is 3.70. The van der Waals surface area contributed by atoms with Gasteiger partial charge in [0.25, 0.3) is 0 Å². The fourth-order valence-corrected chi connectivity index (χ4v) is 5.15. The monoisotopic (exact) mass is 501 g/mol. The number of phenols is 1. The molecule has 190 valence electrons. The van der Waals surface area contributed by atoms with E-state index in [4.69, 9.17) is 9.47 Å².